The summed E-state index contributed by atoms with van der Waals surface area (Å²) in [6, 6.07) is 4.36. The first-order valence-electron chi connectivity index (χ1n) is 7.77. The Morgan fingerprint density at radius 1 is 1.25 bits per heavy atom. The average molecular weight is 356 g/mol. The first-order valence-corrected chi connectivity index (χ1v) is 8.15. The number of ether oxygens (including phenoxy) is 2. The van der Waals surface area contributed by atoms with Crippen molar-refractivity contribution in [3.8, 4) is 0 Å². The van der Waals surface area contributed by atoms with E-state index in [4.69, 9.17) is 21.1 Å². The monoisotopic (exact) mass is 355 g/mol. The van der Waals surface area contributed by atoms with Crippen molar-refractivity contribution in [1.29, 1.82) is 0 Å². The van der Waals surface area contributed by atoms with E-state index in [0.717, 1.165) is 12.8 Å². The third-order valence-electron chi connectivity index (χ3n) is 3.40. The van der Waals surface area contributed by atoms with Crippen molar-refractivity contribution >= 4 is 29.2 Å². The van der Waals surface area contributed by atoms with Crippen molar-refractivity contribution in [2.24, 2.45) is 0 Å². The smallest absolute Gasteiger partial charge is 0.347 e. The van der Waals surface area contributed by atoms with Gasteiger partial charge in [-0.1, -0.05) is 11.6 Å². The number of hydrogen-bond acceptors (Lipinski definition) is 5. The zero-order chi connectivity index (χ0) is 17.7. The number of hydrogen-bond donors (Lipinski definition) is 0. The number of nitrogens with zero attached hydrogens (tertiary/aromatic N) is 1. The molecule has 0 bridgehead atoms. The summed E-state index contributed by atoms with van der Waals surface area (Å²) in [5.41, 5.74) is 0.390. The molecule has 2 rings (SSSR count). The van der Waals surface area contributed by atoms with Crippen LogP contribution >= 0.6 is 11.6 Å². The standard InChI is InChI=1S/C17H19ClFNO4/c1-3-23-16(21)13(17(22)24-4-2)10-20(11-5-6-11)12-7-8-15(19)14(18)9-12/h7-11H,3-6H2,1-2H3. The maximum atomic E-state index is 13.4. The third kappa shape index (κ3) is 4.47. The number of rotatable bonds is 7. The summed E-state index contributed by atoms with van der Waals surface area (Å²) in [5, 5.41) is -0.0274. The van der Waals surface area contributed by atoms with Gasteiger partial charge in [0.15, 0.2) is 5.57 Å². The van der Waals surface area contributed by atoms with Gasteiger partial charge in [0, 0.05) is 17.9 Å². The maximum absolute atomic E-state index is 13.4. The highest BCUT2D eigenvalue weighted by Crippen LogP contribution is 2.34. The van der Waals surface area contributed by atoms with Gasteiger partial charge in [-0.25, -0.2) is 14.0 Å². The van der Waals surface area contributed by atoms with Crippen LogP contribution in [0.5, 0.6) is 0 Å². The van der Waals surface area contributed by atoms with Gasteiger partial charge in [-0.2, -0.15) is 0 Å². The Hall–Kier alpha value is -2.08. The highest BCUT2D eigenvalue weighted by Gasteiger charge is 2.31. The van der Waals surface area contributed by atoms with Gasteiger partial charge in [-0.05, 0) is 44.9 Å². The zero-order valence-corrected chi connectivity index (χ0v) is 14.3. The largest absolute Gasteiger partial charge is 0.462 e. The second-order valence-corrected chi connectivity index (χ2v) is 5.63. The summed E-state index contributed by atoms with van der Waals surface area (Å²) < 4.78 is 23.2. The van der Waals surface area contributed by atoms with Crippen LogP contribution in [-0.2, 0) is 19.1 Å². The van der Waals surface area contributed by atoms with Gasteiger partial charge in [-0.15, -0.1) is 0 Å². The normalized spacial score (nSPS) is 13.2. The molecule has 0 spiro atoms. The minimum Gasteiger partial charge on any atom is -0.462 e. The lowest BCUT2D eigenvalue weighted by Crippen LogP contribution is -2.25. The molecule has 0 unspecified atom stereocenters. The summed E-state index contributed by atoms with van der Waals surface area (Å²) in [4.78, 5) is 25.9. The molecule has 1 fully saturated rings. The minimum atomic E-state index is -0.755. The van der Waals surface area contributed by atoms with E-state index in [0.29, 0.717) is 5.69 Å². The molecule has 130 valence electrons. The van der Waals surface area contributed by atoms with E-state index >= 15 is 0 Å². The summed E-state index contributed by atoms with van der Waals surface area (Å²) in [6.07, 6.45) is 3.19. The Morgan fingerprint density at radius 2 is 1.83 bits per heavy atom. The topological polar surface area (TPSA) is 55.8 Å². The molecule has 0 amide bonds. The predicted molar refractivity (Wildman–Crippen MR) is 88.3 cm³/mol. The molecule has 1 aromatic rings. The number of anilines is 1. The van der Waals surface area contributed by atoms with Gasteiger partial charge in [0.2, 0.25) is 0 Å². The van der Waals surface area contributed by atoms with Crippen LogP contribution in [0.1, 0.15) is 26.7 Å². The van der Waals surface area contributed by atoms with Gasteiger partial charge in [0.05, 0.1) is 18.2 Å². The third-order valence-corrected chi connectivity index (χ3v) is 3.69. The molecule has 0 aliphatic heterocycles. The lowest BCUT2D eigenvalue weighted by atomic mass is 10.2. The number of carbonyl (C=O) groups is 2. The van der Waals surface area contributed by atoms with Gasteiger partial charge in [0.25, 0.3) is 0 Å². The Bertz CT molecular complexity index is 638. The van der Waals surface area contributed by atoms with Crippen molar-refractivity contribution in [1.82, 2.24) is 0 Å². The van der Waals surface area contributed by atoms with Gasteiger partial charge >= 0.3 is 11.9 Å². The molecule has 1 aliphatic carbocycles. The van der Waals surface area contributed by atoms with Gasteiger partial charge in [-0.3, -0.25) is 0 Å². The molecule has 7 heteroatoms. The molecule has 1 saturated carbocycles. The van der Waals surface area contributed by atoms with Crippen molar-refractivity contribution in [2.45, 2.75) is 32.7 Å². The molecule has 1 aromatic carbocycles. The molecule has 1 aliphatic rings. The van der Waals surface area contributed by atoms with Crippen LogP contribution in [0.15, 0.2) is 30.0 Å². The van der Waals surface area contributed by atoms with Crippen molar-refractivity contribution in [3.63, 3.8) is 0 Å². The molecule has 0 atom stereocenters. The lowest BCUT2D eigenvalue weighted by Gasteiger charge is -2.21. The Kier molecular flexibility index (Phi) is 6.20. The summed E-state index contributed by atoms with van der Waals surface area (Å²) in [6.45, 7) is 3.58. The number of halogens is 2. The van der Waals surface area contributed by atoms with E-state index < -0.39 is 17.8 Å². The van der Waals surface area contributed by atoms with Crippen LogP contribution in [0.3, 0.4) is 0 Å². The summed E-state index contributed by atoms with van der Waals surface area (Å²) in [5.74, 6) is -2.04. The van der Waals surface area contributed by atoms with Crippen LogP contribution in [0.2, 0.25) is 5.02 Å². The second-order valence-electron chi connectivity index (χ2n) is 5.22. The molecule has 0 aromatic heterocycles. The highest BCUT2D eigenvalue weighted by atomic mass is 35.5. The second kappa shape index (κ2) is 8.15. The molecule has 24 heavy (non-hydrogen) atoms. The summed E-state index contributed by atoms with van der Waals surface area (Å²) >= 11 is 5.84. The molecule has 0 radical (unpaired) electrons. The Morgan fingerprint density at radius 3 is 2.29 bits per heavy atom. The molecular formula is C17H19ClFNO4. The van der Waals surface area contributed by atoms with E-state index in [1.807, 2.05) is 0 Å². The molecule has 5 nitrogen and oxygen atoms in total. The van der Waals surface area contributed by atoms with Gasteiger partial charge in [0.1, 0.15) is 5.82 Å². The van der Waals surface area contributed by atoms with Crippen molar-refractivity contribution < 1.29 is 23.5 Å². The van der Waals surface area contributed by atoms with E-state index in [2.05, 4.69) is 0 Å². The lowest BCUT2D eigenvalue weighted by molar-refractivity contribution is -0.146. The number of carbonyl (C=O) groups excluding carboxylic acids is 2. The Balaban J connectivity index is 2.38. The fourth-order valence-corrected chi connectivity index (χ4v) is 2.31. The van der Waals surface area contributed by atoms with Crippen LogP contribution in [0.4, 0.5) is 10.1 Å². The number of benzene rings is 1. The van der Waals surface area contributed by atoms with E-state index in [1.54, 1.807) is 24.8 Å². The predicted octanol–water partition coefficient (Wildman–Crippen LogP) is 3.46. The minimum absolute atomic E-state index is 0.0274. The first kappa shape index (κ1) is 18.3. The fourth-order valence-electron chi connectivity index (χ4n) is 2.13. The summed E-state index contributed by atoms with van der Waals surface area (Å²) in [7, 11) is 0. The fraction of sp³-hybridized carbons (Fsp3) is 0.412. The van der Waals surface area contributed by atoms with Crippen LogP contribution in [0, 0.1) is 5.82 Å². The molecule has 0 N–H and O–H groups in total. The highest BCUT2D eigenvalue weighted by molar-refractivity contribution is 6.31. The number of esters is 2. The van der Waals surface area contributed by atoms with E-state index in [9.17, 15) is 14.0 Å². The van der Waals surface area contributed by atoms with Gasteiger partial charge < -0.3 is 14.4 Å². The van der Waals surface area contributed by atoms with Crippen molar-refractivity contribution in [3.05, 3.63) is 40.8 Å². The average Bonchev–Trinajstić information content (AvgIpc) is 3.36. The SMILES string of the molecule is CCOC(=O)C(=CN(c1ccc(F)c(Cl)c1)C1CC1)C(=O)OCC. The maximum Gasteiger partial charge on any atom is 0.347 e. The van der Waals surface area contributed by atoms with E-state index in [1.165, 1.54) is 18.3 Å². The molecular weight excluding hydrogens is 337 g/mol. The van der Waals surface area contributed by atoms with Crippen LogP contribution < -0.4 is 4.90 Å². The van der Waals surface area contributed by atoms with Crippen molar-refractivity contribution in [2.75, 3.05) is 18.1 Å². The molecule has 0 saturated heterocycles. The van der Waals surface area contributed by atoms with Crippen LogP contribution in [0.25, 0.3) is 0 Å². The molecule has 0 heterocycles. The Labute approximate surface area is 145 Å². The van der Waals surface area contributed by atoms with E-state index in [-0.39, 0.29) is 29.9 Å². The first-order chi connectivity index (χ1) is 11.5. The quantitative estimate of drug-likeness (QED) is 0.324. The van der Waals surface area contributed by atoms with Crippen LogP contribution in [-0.4, -0.2) is 31.2 Å². The zero-order valence-electron chi connectivity index (χ0n) is 13.6.